The molecule has 0 amide bonds. The maximum Gasteiger partial charge on any atom is 0.262 e. The minimum atomic E-state index is -1.76. The molecule has 258 valence electrons. The van der Waals surface area contributed by atoms with Crippen molar-refractivity contribution < 1.29 is 19.0 Å². The average Bonchev–Trinajstić information content (AvgIpc) is 3.08. The molecule has 0 saturated heterocycles. The number of ether oxygens (including phenoxy) is 2. The zero-order chi connectivity index (χ0) is 35.3. The number of fused-ring (bicyclic) bond motifs is 6. The summed E-state index contributed by atoms with van der Waals surface area (Å²) in [5.74, 6) is 0. The normalized spacial score (nSPS) is 12.2. The van der Waals surface area contributed by atoms with E-state index in [1.807, 2.05) is 30.3 Å². The molecule has 10 nitrogen and oxygen atoms in total. The van der Waals surface area contributed by atoms with Crippen LogP contribution in [0, 0.1) is 0 Å². The van der Waals surface area contributed by atoms with Crippen LogP contribution in [0.3, 0.4) is 0 Å². The van der Waals surface area contributed by atoms with Crippen LogP contribution in [-0.4, -0.2) is 60.0 Å². The number of hydrogen-bond donors (Lipinski definition) is 1. The second kappa shape index (κ2) is 15.1. The highest BCUT2D eigenvalue weighted by molar-refractivity contribution is 6.74. The first kappa shape index (κ1) is 36.0. The van der Waals surface area contributed by atoms with Crippen molar-refractivity contribution >= 4 is 51.9 Å². The minimum absolute atomic E-state index is 0.0774. The third-order valence-corrected chi connectivity index (χ3v) is 13.9. The van der Waals surface area contributed by atoms with E-state index in [0.717, 1.165) is 39.3 Å². The predicted molar refractivity (Wildman–Crippen MR) is 199 cm³/mol. The predicted octanol–water partition coefficient (Wildman–Crippen LogP) is 6.41. The van der Waals surface area contributed by atoms with Crippen LogP contribution >= 0.6 is 0 Å². The summed E-state index contributed by atoms with van der Waals surface area (Å²) in [4.78, 5) is 34.2. The molecule has 49 heavy (non-hydrogen) atoms. The number of aliphatic hydroxyl groups excluding tert-OH is 1. The number of benzene rings is 2. The fraction of sp³-hybridized carbons (Fsp3) is 0.368. The van der Waals surface area contributed by atoms with E-state index < -0.39 is 8.32 Å². The average molecular weight is 683 g/mol. The number of hydrogen-bond acceptors (Lipinski definition) is 8. The van der Waals surface area contributed by atoms with Crippen molar-refractivity contribution in [2.24, 2.45) is 0 Å². The van der Waals surface area contributed by atoms with Crippen molar-refractivity contribution in [2.45, 2.75) is 65.2 Å². The standard InChI is InChI=1S/C22H30N2O3Si.C16H16N2O3/c1-22(2,3)28(5,6)27-13-11-16-9-10-19-18(14-16)20-17(8-7-12-23-20)21(25)24(19)15-26-4;1-21-10-18-14-5-4-11(6-8-19)9-13(14)15-12(16(18)20)3-2-7-17-15/h7-10,12,14H,11,13,15H2,1-6H3;2-5,7,9,19H,6,8,10H2,1H3. The van der Waals surface area contributed by atoms with Gasteiger partial charge in [0.05, 0.1) is 32.8 Å². The lowest BCUT2D eigenvalue weighted by atomic mass is 10.1. The molecule has 0 unspecified atom stereocenters. The molecule has 0 atom stereocenters. The molecule has 6 rings (SSSR count). The van der Waals surface area contributed by atoms with Crippen LogP contribution in [0.1, 0.15) is 31.9 Å². The van der Waals surface area contributed by atoms with Gasteiger partial charge in [0.15, 0.2) is 8.32 Å². The second-order valence-electron chi connectivity index (χ2n) is 13.6. The Morgan fingerprint density at radius 2 is 1.18 bits per heavy atom. The summed E-state index contributed by atoms with van der Waals surface area (Å²) < 4.78 is 20.0. The smallest absolute Gasteiger partial charge is 0.262 e. The van der Waals surface area contributed by atoms with Gasteiger partial charge in [-0.1, -0.05) is 32.9 Å². The monoisotopic (exact) mass is 682 g/mol. The third kappa shape index (κ3) is 7.51. The zero-order valence-electron chi connectivity index (χ0n) is 29.4. The van der Waals surface area contributed by atoms with Gasteiger partial charge in [0.1, 0.15) is 13.5 Å². The maximum absolute atomic E-state index is 12.8. The van der Waals surface area contributed by atoms with E-state index >= 15 is 0 Å². The molecule has 2 aromatic carbocycles. The van der Waals surface area contributed by atoms with Crippen LogP contribution in [0.25, 0.3) is 43.6 Å². The molecule has 0 fully saturated rings. The zero-order valence-corrected chi connectivity index (χ0v) is 30.4. The van der Waals surface area contributed by atoms with Gasteiger partial charge in [0.25, 0.3) is 11.1 Å². The van der Waals surface area contributed by atoms with E-state index in [9.17, 15) is 9.59 Å². The van der Waals surface area contributed by atoms with E-state index in [-0.39, 0.29) is 36.2 Å². The third-order valence-electron chi connectivity index (χ3n) is 9.36. The molecule has 1 N–H and O–H groups in total. The summed E-state index contributed by atoms with van der Waals surface area (Å²) in [6.45, 7) is 12.5. The molecular weight excluding hydrogens is 637 g/mol. The summed E-state index contributed by atoms with van der Waals surface area (Å²) in [6.07, 6.45) is 4.82. The van der Waals surface area contributed by atoms with Crippen molar-refractivity contribution in [1.29, 1.82) is 0 Å². The summed E-state index contributed by atoms with van der Waals surface area (Å²) >= 11 is 0. The lowest BCUT2D eigenvalue weighted by Gasteiger charge is -2.36. The number of nitrogens with zero attached hydrogens (tertiary/aromatic N) is 4. The molecule has 11 heteroatoms. The van der Waals surface area contributed by atoms with Crippen molar-refractivity contribution in [3.05, 3.63) is 105 Å². The number of aliphatic hydroxyl groups is 1. The Morgan fingerprint density at radius 3 is 1.61 bits per heavy atom. The molecule has 4 heterocycles. The Morgan fingerprint density at radius 1 is 0.714 bits per heavy atom. The highest BCUT2D eigenvalue weighted by atomic mass is 28.4. The quantitative estimate of drug-likeness (QED) is 0.130. The van der Waals surface area contributed by atoms with Gasteiger partial charge in [-0.15, -0.1) is 0 Å². The molecule has 0 bridgehead atoms. The number of methoxy groups -OCH3 is 2. The minimum Gasteiger partial charge on any atom is -0.416 e. The molecule has 0 saturated carbocycles. The van der Waals surface area contributed by atoms with Crippen LogP contribution in [0.5, 0.6) is 0 Å². The van der Waals surface area contributed by atoms with Gasteiger partial charge in [-0.05, 0) is 90.6 Å². The number of aromatic nitrogens is 4. The molecule has 4 aromatic heterocycles. The van der Waals surface area contributed by atoms with Gasteiger partial charge >= 0.3 is 0 Å². The highest BCUT2D eigenvalue weighted by Gasteiger charge is 2.36. The van der Waals surface area contributed by atoms with Crippen LogP contribution in [0.2, 0.25) is 18.1 Å². The van der Waals surface area contributed by atoms with Crippen molar-refractivity contribution in [2.75, 3.05) is 27.4 Å². The summed E-state index contributed by atoms with van der Waals surface area (Å²) in [5.41, 5.74) is 5.06. The molecule has 6 aromatic rings. The van der Waals surface area contributed by atoms with Gasteiger partial charge in [-0.25, -0.2) is 0 Å². The van der Waals surface area contributed by atoms with Gasteiger partial charge in [0, 0.05) is 50.6 Å². The second-order valence-corrected chi connectivity index (χ2v) is 18.4. The van der Waals surface area contributed by atoms with E-state index in [1.165, 1.54) is 5.56 Å². The lowest BCUT2D eigenvalue weighted by molar-refractivity contribution is 0.132. The molecule has 0 aliphatic heterocycles. The van der Waals surface area contributed by atoms with Crippen LogP contribution in [0.15, 0.2) is 82.6 Å². The SMILES string of the molecule is COCn1c(=O)c2cccnc2c2cc(CCO)ccc21.COCn1c(=O)c2cccnc2c2cc(CCO[Si](C)(C)C(C)(C)C)ccc21. The fourth-order valence-electron chi connectivity index (χ4n) is 5.71. The largest absolute Gasteiger partial charge is 0.416 e. The van der Waals surface area contributed by atoms with Gasteiger partial charge in [-0.2, -0.15) is 0 Å². The van der Waals surface area contributed by atoms with E-state index in [1.54, 1.807) is 53.9 Å². The first-order valence-electron chi connectivity index (χ1n) is 16.4. The summed E-state index contributed by atoms with van der Waals surface area (Å²) in [7, 11) is 1.40. The first-order valence-corrected chi connectivity index (χ1v) is 19.4. The Labute approximate surface area is 287 Å². The van der Waals surface area contributed by atoms with Gasteiger partial charge in [0.2, 0.25) is 0 Å². The summed E-state index contributed by atoms with van der Waals surface area (Å²) in [6, 6.07) is 19.1. The molecule has 0 aliphatic carbocycles. The van der Waals surface area contributed by atoms with Crippen LogP contribution < -0.4 is 11.1 Å². The number of pyridine rings is 4. The van der Waals surface area contributed by atoms with Crippen LogP contribution in [-0.2, 0) is 40.2 Å². The summed E-state index contributed by atoms with van der Waals surface area (Å²) in [5, 5.41) is 12.3. The van der Waals surface area contributed by atoms with Gasteiger partial charge in [-0.3, -0.25) is 28.7 Å². The van der Waals surface area contributed by atoms with Crippen LogP contribution in [0.4, 0.5) is 0 Å². The first-order chi connectivity index (χ1) is 23.4. The Kier molecular flexibility index (Phi) is 11.1. The Bertz CT molecular complexity index is 2220. The maximum atomic E-state index is 12.8. The van der Waals surface area contributed by atoms with Gasteiger partial charge < -0.3 is 19.0 Å². The molecular formula is C38H46N4O6Si. The van der Waals surface area contributed by atoms with E-state index in [4.69, 9.17) is 19.0 Å². The fourth-order valence-corrected chi connectivity index (χ4v) is 6.75. The van der Waals surface area contributed by atoms with E-state index in [2.05, 4.69) is 56.0 Å². The van der Waals surface area contributed by atoms with Crippen molar-refractivity contribution in [3.63, 3.8) is 0 Å². The lowest BCUT2D eigenvalue weighted by Crippen LogP contribution is -2.41. The molecule has 0 aliphatic rings. The number of rotatable bonds is 10. The molecule has 0 spiro atoms. The molecule has 0 radical (unpaired) electrons. The van der Waals surface area contributed by atoms with Crippen molar-refractivity contribution in [1.82, 2.24) is 19.1 Å². The Hall–Kier alpha value is -4.26. The van der Waals surface area contributed by atoms with Crippen molar-refractivity contribution in [3.8, 4) is 0 Å². The highest BCUT2D eigenvalue weighted by Crippen LogP contribution is 2.36. The topological polar surface area (TPSA) is 118 Å². The Balaban J connectivity index is 0.000000199. The van der Waals surface area contributed by atoms with E-state index in [0.29, 0.717) is 29.3 Å².